The van der Waals surface area contributed by atoms with Crippen LogP contribution in [-0.4, -0.2) is 9.97 Å². The molecule has 0 fully saturated rings. The molecule has 3 nitrogen and oxygen atoms in total. The van der Waals surface area contributed by atoms with Gasteiger partial charge in [-0.1, -0.05) is 12.1 Å². The SMILES string of the molecule is Cc1ccc(COc2ccnc(Br)n2)c(F)c1. The predicted molar refractivity (Wildman–Crippen MR) is 65.2 cm³/mol. The Kier molecular flexibility index (Phi) is 3.68. The van der Waals surface area contributed by atoms with E-state index in [-0.39, 0.29) is 12.4 Å². The number of rotatable bonds is 3. The monoisotopic (exact) mass is 296 g/mol. The van der Waals surface area contributed by atoms with Crippen molar-refractivity contribution >= 4 is 15.9 Å². The first kappa shape index (κ1) is 12.0. The third-order valence-corrected chi connectivity index (χ3v) is 2.57. The Bertz CT molecular complexity index is 534. The van der Waals surface area contributed by atoms with Gasteiger partial charge in [-0.05, 0) is 34.5 Å². The zero-order chi connectivity index (χ0) is 12.3. The molecule has 0 unspecified atom stereocenters. The van der Waals surface area contributed by atoms with Crippen molar-refractivity contribution in [3.05, 3.63) is 52.1 Å². The normalized spacial score (nSPS) is 10.3. The lowest BCUT2D eigenvalue weighted by atomic mass is 10.1. The fourth-order valence-electron chi connectivity index (χ4n) is 1.32. The quantitative estimate of drug-likeness (QED) is 0.816. The minimum atomic E-state index is -0.266. The van der Waals surface area contributed by atoms with Crippen molar-refractivity contribution in [1.29, 1.82) is 0 Å². The molecule has 0 atom stereocenters. The van der Waals surface area contributed by atoms with Gasteiger partial charge in [-0.3, -0.25) is 0 Å². The van der Waals surface area contributed by atoms with Crippen molar-refractivity contribution in [3.63, 3.8) is 0 Å². The first-order valence-corrected chi connectivity index (χ1v) is 5.81. The molecule has 88 valence electrons. The van der Waals surface area contributed by atoms with Gasteiger partial charge in [-0.25, -0.2) is 9.37 Å². The van der Waals surface area contributed by atoms with Crippen molar-refractivity contribution in [1.82, 2.24) is 9.97 Å². The lowest BCUT2D eigenvalue weighted by molar-refractivity contribution is 0.287. The van der Waals surface area contributed by atoms with Crippen LogP contribution in [0, 0.1) is 12.7 Å². The highest BCUT2D eigenvalue weighted by atomic mass is 79.9. The molecule has 0 aliphatic carbocycles. The van der Waals surface area contributed by atoms with Crippen LogP contribution in [0.25, 0.3) is 0 Å². The highest BCUT2D eigenvalue weighted by Gasteiger charge is 2.04. The molecular weight excluding hydrogens is 287 g/mol. The molecule has 0 amide bonds. The zero-order valence-electron chi connectivity index (χ0n) is 9.15. The average Bonchev–Trinajstić information content (AvgIpc) is 2.28. The van der Waals surface area contributed by atoms with Gasteiger partial charge in [0.15, 0.2) is 4.73 Å². The topological polar surface area (TPSA) is 35.0 Å². The third kappa shape index (κ3) is 3.23. The summed E-state index contributed by atoms with van der Waals surface area (Å²) in [6, 6.07) is 6.66. The summed E-state index contributed by atoms with van der Waals surface area (Å²) in [7, 11) is 0. The van der Waals surface area contributed by atoms with Crippen molar-refractivity contribution in [2.24, 2.45) is 0 Å². The summed E-state index contributed by atoms with van der Waals surface area (Å²) >= 11 is 3.14. The number of aryl methyl sites for hydroxylation is 1. The van der Waals surface area contributed by atoms with Crippen LogP contribution in [0.15, 0.2) is 35.2 Å². The molecule has 0 N–H and O–H groups in total. The van der Waals surface area contributed by atoms with Crippen LogP contribution in [0.1, 0.15) is 11.1 Å². The molecule has 1 heterocycles. The van der Waals surface area contributed by atoms with Gasteiger partial charge in [-0.2, -0.15) is 4.98 Å². The van der Waals surface area contributed by atoms with Gasteiger partial charge in [0.1, 0.15) is 12.4 Å². The molecule has 0 aliphatic heterocycles. The minimum absolute atomic E-state index is 0.148. The number of benzene rings is 1. The van der Waals surface area contributed by atoms with Crippen molar-refractivity contribution in [2.75, 3.05) is 0 Å². The Hall–Kier alpha value is -1.49. The second-order valence-electron chi connectivity index (χ2n) is 3.55. The fourth-order valence-corrected chi connectivity index (χ4v) is 1.61. The summed E-state index contributed by atoms with van der Waals surface area (Å²) in [5.74, 6) is 0.143. The molecular formula is C12H10BrFN2O. The molecule has 17 heavy (non-hydrogen) atoms. The Morgan fingerprint density at radius 2 is 2.18 bits per heavy atom. The molecule has 1 aromatic carbocycles. The second kappa shape index (κ2) is 5.23. The van der Waals surface area contributed by atoms with Crippen molar-refractivity contribution in [2.45, 2.75) is 13.5 Å². The van der Waals surface area contributed by atoms with E-state index in [0.717, 1.165) is 5.56 Å². The number of hydrogen-bond donors (Lipinski definition) is 0. The molecule has 0 saturated carbocycles. The predicted octanol–water partition coefficient (Wildman–Crippen LogP) is 3.27. The maximum Gasteiger partial charge on any atom is 0.217 e. The Morgan fingerprint density at radius 3 is 2.88 bits per heavy atom. The minimum Gasteiger partial charge on any atom is -0.473 e. The molecule has 0 bridgehead atoms. The van der Waals surface area contributed by atoms with E-state index < -0.39 is 0 Å². The van der Waals surface area contributed by atoms with Crippen LogP contribution in [0.4, 0.5) is 4.39 Å². The molecule has 0 aliphatic rings. The van der Waals surface area contributed by atoms with Gasteiger partial charge in [0.05, 0.1) is 0 Å². The summed E-state index contributed by atoms with van der Waals surface area (Å²) in [4.78, 5) is 7.87. The zero-order valence-corrected chi connectivity index (χ0v) is 10.7. The molecule has 0 radical (unpaired) electrons. The van der Waals surface area contributed by atoms with E-state index in [0.29, 0.717) is 16.2 Å². The second-order valence-corrected chi connectivity index (χ2v) is 4.26. The maximum atomic E-state index is 13.5. The van der Waals surface area contributed by atoms with Crippen LogP contribution >= 0.6 is 15.9 Å². The van der Waals surface area contributed by atoms with Gasteiger partial charge in [0.25, 0.3) is 0 Å². The summed E-state index contributed by atoms with van der Waals surface area (Å²) in [5.41, 5.74) is 1.39. The number of nitrogens with zero attached hydrogens (tertiary/aromatic N) is 2. The molecule has 2 aromatic rings. The lowest BCUT2D eigenvalue weighted by Crippen LogP contribution is -2.00. The summed E-state index contributed by atoms with van der Waals surface area (Å²) in [5, 5.41) is 0. The largest absolute Gasteiger partial charge is 0.473 e. The number of ether oxygens (including phenoxy) is 1. The summed E-state index contributed by atoms with van der Waals surface area (Å²) in [6.07, 6.45) is 1.57. The molecule has 2 rings (SSSR count). The average molecular weight is 297 g/mol. The number of hydrogen-bond acceptors (Lipinski definition) is 3. The van der Waals surface area contributed by atoms with Crippen LogP contribution in [0.3, 0.4) is 0 Å². The van der Waals surface area contributed by atoms with Gasteiger partial charge >= 0.3 is 0 Å². The first-order valence-electron chi connectivity index (χ1n) is 5.01. The Labute approximate surface area is 107 Å². The van der Waals surface area contributed by atoms with E-state index in [1.165, 1.54) is 6.07 Å². The number of halogens is 2. The van der Waals surface area contributed by atoms with E-state index in [4.69, 9.17) is 4.74 Å². The van der Waals surface area contributed by atoms with Crippen molar-refractivity contribution in [3.8, 4) is 5.88 Å². The van der Waals surface area contributed by atoms with Gasteiger partial charge in [0, 0.05) is 17.8 Å². The smallest absolute Gasteiger partial charge is 0.217 e. The van der Waals surface area contributed by atoms with Crippen LogP contribution < -0.4 is 4.74 Å². The van der Waals surface area contributed by atoms with E-state index in [1.807, 2.05) is 13.0 Å². The molecule has 1 aromatic heterocycles. The van der Waals surface area contributed by atoms with E-state index in [2.05, 4.69) is 25.9 Å². The summed E-state index contributed by atoms with van der Waals surface area (Å²) in [6.45, 7) is 1.99. The highest BCUT2D eigenvalue weighted by Crippen LogP contribution is 2.14. The van der Waals surface area contributed by atoms with E-state index >= 15 is 0 Å². The van der Waals surface area contributed by atoms with Gasteiger partial charge in [-0.15, -0.1) is 0 Å². The first-order chi connectivity index (χ1) is 8.15. The molecule has 0 saturated heterocycles. The van der Waals surface area contributed by atoms with Crippen LogP contribution in [-0.2, 0) is 6.61 Å². The van der Waals surface area contributed by atoms with Gasteiger partial charge < -0.3 is 4.74 Å². The van der Waals surface area contributed by atoms with Crippen LogP contribution in [0.2, 0.25) is 0 Å². The van der Waals surface area contributed by atoms with E-state index in [9.17, 15) is 4.39 Å². The Morgan fingerprint density at radius 1 is 1.35 bits per heavy atom. The van der Waals surface area contributed by atoms with Gasteiger partial charge in [0.2, 0.25) is 5.88 Å². The van der Waals surface area contributed by atoms with Crippen molar-refractivity contribution < 1.29 is 9.13 Å². The molecule has 0 spiro atoms. The maximum absolute atomic E-state index is 13.5. The summed E-state index contributed by atoms with van der Waals surface area (Å²) < 4.78 is 19.3. The highest BCUT2D eigenvalue weighted by molar-refractivity contribution is 9.10. The fraction of sp³-hybridized carbons (Fsp3) is 0.167. The number of aromatic nitrogens is 2. The lowest BCUT2D eigenvalue weighted by Gasteiger charge is -2.06. The molecule has 5 heteroatoms. The van der Waals surface area contributed by atoms with E-state index in [1.54, 1.807) is 18.3 Å². The third-order valence-electron chi connectivity index (χ3n) is 2.18. The van der Waals surface area contributed by atoms with Crippen LogP contribution in [0.5, 0.6) is 5.88 Å². The Balaban J connectivity index is 2.07. The standard InChI is InChI=1S/C12H10BrFN2O/c1-8-2-3-9(10(14)6-8)7-17-11-4-5-15-12(13)16-11/h2-6H,7H2,1H3.